The van der Waals surface area contributed by atoms with Crippen LogP contribution < -0.4 is 4.57 Å². The molecule has 0 spiro atoms. The van der Waals surface area contributed by atoms with Crippen LogP contribution in [-0.4, -0.2) is 0 Å². The van der Waals surface area contributed by atoms with E-state index in [9.17, 15) is 0 Å². The molecule has 0 amide bonds. The molecule has 1 nitrogen and oxygen atoms in total. The van der Waals surface area contributed by atoms with Crippen molar-refractivity contribution in [3.8, 4) is 0 Å². The summed E-state index contributed by atoms with van der Waals surface area (Å²) in [7, 11) is 1.81. The zero-order valence-electron chi connectivity index (χ0n) is 13.3. The van der Waals surface area contributed by atoms with Crippen molar-refractivity contribution in [2.24, 2.45) is 7.05 Å². The molecule has 0 saturated carbocycles. The molecule has 3 rings (SSSR count). The lowest BCUT2D eigenvalue weighted by Crippen LogP contribution is -2.30. The fourth-order valence-electron chi connectivity index (χ4n) is 2.05. The Kier molecular flexibility index (Phi) is 1.24. The second-order valence-electron chi connectivity index (χ2n) is 3.94. The van der Waals surface area contributed by atoms with Crippen molar-refractivity contribution in [1.82, 2.24) is 0 Å². The highest BCUT2D eigenvalue weighted by Crippen LogP contribution is 2.20. The molecule has 1 heteroatoms. The molecule has 2 aromatic carbocycles. The average molecular weight is 216 g/mol. The molecule has 0 radical (unpaired) electrons. The van der Waals surface area contributed by atoms with Gasteiger partial charge in [-0.25, -0.2) is 0 Å². The molecule has 16 heavy (non-hydrogen) atoms. The first-order valence-electron chi connectivity index (χ1n) is 7.22. The third-order valence-electron chi connectivity index (χ3n) is 2.93. The zero-order valence-corrected chi connectivity index (χ0v) is 9.26. The first kappa shape index (κ1) is 6.00. The number of aromatic nitrogens is 1. The monoisotopic (exact) mass is 216 g/mol. The fraction of sp³-hybridized carbons (Fsp3) is 0.133. The van der Waals surface area contributed by atoms with E-state index in [2.05, 4.69) is 0 Å². The summed E-state index contributed by atoms with van der Waals surface area (Å²) in [4.78, 5) is 0. The van der Waals surface area contributed by atoms with Crippen molar-refractivity contribution < 1.29 is 10.1 Å². The first-order valence-corrected chi connectivity index (χ1v) is 5.22. The summed E-state index contributed by atoms with van der Waals surface area (Å²) >= 11 is 0. The Labute approximate surface area is 101 Å². The van der Waals surface area contributed by atoms with E-state index in [1.165, 1.54) is 0 Å². The predicted octanol–water partition coefficient (Wildman–Crippen LogP) is 3.13. The highest BCUT2D eigenvalue weighted by Gasteiger charge is 2.11. The fourth-order valence-corrected chi connectivity index (χ4v) is 2.05. The first-order chi connectivity index (χ1) is 9.43. The van der Waals surface area contributed by atoms with Crippen molar-refractivity contribution in [2.75, 3.05) is 0 Å². The molecule has 0 saturated heterocycles. The Morgan fingerprint density at radius 3 is 2.88 bits per heavy atom. The minimum Gasteiger partial charge on any atom is -0.194 e. The van der Waals surface area contributed by atoms with Gasteiger partial charge in [0.1, 0.15) is 7.05 Å². The molecular weight excluding hydrogens is 194 g/mol. The van der Waals surface area contributed by atoms with Crippen LogP contribution in [0.25, 0.3) is 21.8 Å². The van der Waals surface area contributed by atoms with Crippen LogP contribution in [0.3, 0.4) is 0 Å². The number of fused-ring (bicyclic) bond motifs is 2. The van der Waals surface area contributed by atoms with E-state index >= 15 is 0 Å². The molecule has 0 unspecified atom stereocenters. The maximum atomic E-state index is 8.12. The van der Waals surface area contributed by atoms with Crippen molar-refractivity contribution in [2.45, 2.75) is 6.92 Å². The van der Waals surface area contributed by atoms with Gasteiger partial charge in [-0.1, -0.05) is 24.2 Å². The molecule has 1 heterocycles. The van der Waals surface area contributed by atoms with Gasteiger partial charge in [-0.15, -0.1) is 0 Å². The maximum Gasteiger partial charge on any atom is 0.213 e. The summed E-state index contributed by atoms with van der Waals surface area (Å²) in [5, 5.41) is 1.71. The van der Waals surface area contributed by atoms with Crippen molar-refractivity contribution in [3.05, 3.63) is 54.0 Å². The van der Waals surface area contributed by atoms with Gasteiger partial charge >= 0.3 is 0 Å². The third-order valence-corrected chi connectivity index (χ3v) is 2.93. The van der Waals surface area contributed by atoms with Gasteiger partial charge in [-0.05, 0) is 24.6 Å². The summed E-state index contributed by atoms with van der Waals surface area (Å²) in [6.45, 7) is 1.80. The van der Waals surface area contributed by atoms with E-state index in [-0.39, 0.29) is 18.1 Å². The second-order valence-corrected chi connectivity index (χ2v) is 3.94. The van der Waals surface area contributed by atoms with Gasteiger partial charge in [-0.2, -0.15) is 4.57 Å². The van der Waals surface area contributed by atoms with E-state index in [4.69, 9.17) is 5.48 Å². The van der Waals surface area contributed by atoms with Crippen molar-refractivity contribution in [1.29, 1.82) is 0 Å². The SMILES string of the molecule is [3H]c1c([3H])c([3H])c2c(cc3cccc([3H])c3[n+]2C)c1C. The van der Waals surface area contributed by atoms with Gasteiger partial charge in [0, 0.05) is 22.9 Å². The van der Waals surface area contributed by atoms with Crippen LogP contribution in [0.2, 0.25) is 0 Å². The number of nitrogens with zero attached hydrogens (tertiary/aromatic N) is 1. The standard InChI is InChI=1S/C15H14N/c1-11-6-5-9-15-13(11)10-12-7-3-4-8-14(12)16(15)2/h3-10H,1-2H3/q+1/i5T,6T,8T,9T. The van der Waals surface area contributed by atoms with Gasteiger partial charge in [0.05, 0.1) is 5.48 Å². The topological polar surface area (TPSA) is 3.88 Å². The van der Waals surface area contributed by atoms with Gasteiger partial charge < -0.3 is 0 Å². The Bertz CT molecular complexity index is 871. The number of aryl methyl sites for hydroxylation is 2. The Morgan fingerprint density at radius 2 is 2.00 bits per heavy atom. The molecule has 3 aromatic rings. The lowest BCUT2D eigenvalue weighted by atomic mass is 10.1. The Morgan fingerprint density at radius 1 is 1.12 bits per heavy atom. The summed E-state index contributed by atoms with van der Waals surface area (Å²) < 4.78 is 33.8. The van der Waals surface area contributed by atoms with Gasteiger partial charge in [-0.3, -0.25) is 0 Å². The predicted molar refractivity (Wildman–Crippen MR) is 67.4 cm³/mol. The minimum atomic E-state index is -0.0626. The lowest BCUT2D eigenvalue weighted by Gasteiger charge is -2.03. The highest BCUT2D eigenvalue weighted by molar-refractivity contribution is 5.90. The molecule has 0 aliphatic heterocycles. The molecule has 0 aliphatic carbocycles. The average Bonchev–Trinajstić information content (AvgIpc) is 2.42. The van der Waals surface area contributed by atoms with Gasteiger partial charge in [0.25, 0.3) is 0 Å². The van der Waals surface area contributed by atoms with Crippen LogP contribution in [0.1, 0.15) is 11.0 Å². The number of hydrogen-bond acceptors (Lipinski definition) is 0. The van der Waals surface area contributed by atoms with E-state index in [1.54, 1.807) is 17.6 Å². The summed E-state index contributed by atoms with van der Waals surface area (Å²) in [5.74, 6) is 0. The number of para-hydroxylation sites is 1. The highest BCUT2D eigenvalue weighted by atomic mass is 14.9. The van der Waals surface area contributed by atoms with Crippen LogP contribution >= 0.6 is 0 Å². The number of hydrogen-bond donors (Lipinski definition) is 0. The van der Waals surface area contributed by atoms with Crippen LogP contribution in [-0.2, 0) is 7.05 Å². The van der Waals surface area contributed by atoms with E-state index in [0.29, 0.717) is 17.1 Å². The van der Waals surface area contributed by atoms with Gasteiger partial charge in [0.15, 0.2) is 0 Å². The zero-order chi connectivity index (χ0) is 14.6. The van der Waals surface area contributed by atoms with Crippen LogP contribution in [0.4, 0.5) is 0 Å². The molecule has 0 aliphatic rings. The maximum absolute atomic E-state index is 8.12. The van der Waals surface area contributed by atoms with E-state index < -0.39 is 0 Å². The quantitative estimate of drug-likeness (QED) is 0.401. The smallest absolute Gasteiger partial charge is 0.194 e. The van der Waals surface area contributed by atoms with Crippen LogP contribution in [0.15, 0.2) is 48.4 Å². The minimum absolute atomic E-state index is 0.0447. The number of pyridine rings is 1. The third kappa shape index (κ3) is 1.21. The number of benzene rings is 2. The number of rotatable bonds is 0. The molecule has 78 valence electrons. The van der Waals surface area contributed by atoms with E-state index in [0.717, 1.165) is 16.3 Å². The van der Waals surface area contributed by atoms with E-state index in [1.807, 2.05) is 25.2 Å². The molecule has 0 fully saturated rings. The summed E-state index contributed by atoms with van der Waals surface area (Å²) in [6, 6.07) is 7.85. The van der Waals surface area contributed by atoms with Crippen LogP contribution in [0, 0.1) is 6.92 Å². The van der Waals surface area contributed by atoms with Crippen LogP contribution in [0.5, 0.6) is 0 Å². The largest absolute Gasteiger partial charge is 0.213 e. The molecule has 0 N–H and O–H groups in total. The normalized spacial score (nSPS) is 14.6. The molecule has 0 atom stereocenters. The van der Waals surface area contributed by atoms with Crippen molar-refractivity contribution in [3.63, 3.8) is 0 Å². The molecule has 1 aromatic heterocycles. The summed E-state index contributed by atoms with van der Waals surface area (Å²) in [5.41, 5.74) is 2.05. The molecule has 0 bridgehead atoms. The van der Waals surface area contributed by atoms with Crippen molar-refractivity contribution >= 4 is 21.8 Å². The van der Waals surface area contributed by atoms with Gasteiger partial charge in [0.2, 0.25) is 11.0 Å². The summed E-state index contributed by atoms with van der Waals surface area (Å²) in [6.07, 6.45) is 0. The second kappa shape index (κ2) is 3.31. The Hall–Kier alpha value is -1.89. The molecular formula is C15H14N+. The Balaban J connectivity index is 2.68. The lowest BCUT2D eigenvalue weighted by molar-refractivity contribution is -0.617.